The Morgan fingerprint density at radius 3 is 2.44 bits per heavy atom. The van der Waals surface area contributed by atoms with Gasteiger partial charge in [-0.15, -0.1) is 4.39 Å². The Bertz CT molecular complexity index is 527. The molecule has 0 atom stereocenters. The molecule has 2 heterocycles. The predicted molar refractivity (Wildman–Crippen MR) is 68.6 cm³/mol. The van der Waals surface area contributed by atoms with Crippen molar-refractivity contribution in [3.05, 3.63) is 48.6 Å². The number of halogens is 1. The molecule has 0 bridgehead atoms. The second kappa shape index (κ2) is 7.21. The third kappa shape index (κ3) is 4.01. The van der Waals surface area contributed by atoms with Crippen LogP contribution in [-0.4, -0.2) is 15.0 Å². The van der Waals surface area contributed by atoms with Crippen LogP contribution in [0.4, 0.5) is 4.39 Å². The molecule has 0 unspecified atom stereocenters. The molecule has 0 radical (unpaired) electrons. The summed E-state index contributed by atoms with van der Waals surface area (Å²) >= 11 is 0. The molecule has 0 fully saturated rings. The maximum atomic E-state index is 12.2. The molecule has 0 amide bonds. The number of oxazole rings is 1. The second-order valence-corrected chi connectivity index (χ2v) is 3.11. The van der Waals surface area contributed by atoms with E-state index in [0.29, 0.717) is 11.1 Å². The zero-order chi connectivity index (χ0) is 13.4. The summed E-state index contributed by atoms with van der Waals surface area (Å²) in [6.07, 6.45) is 2.76. The van der Waals surface area contributed by atoms with Crippen LogP contribution in [0.15, 0.2) is 41.1 Å². The minimum absolute atomic E-state index is 0.486. The molecule has 3 aromatic rings. The molecule has 0 spiro atoms. The molecule has 4 nitrogen and oxygen atoms in total. The Morgan fingerprint density at radius 1 is 1.22 bits per heavy atom. The average molecular weight is 249 g/mol. The first kappa shape index (κ1) is 13.9. The van der Waals surface area contributed by atoms with Crippen molar-refractivity contribution in [1.29, 1.82) is 0 Å². The highest BCUT2D eigenvalue weighted by Crippen LogP contribution is 2.12. The van der Waals surface area contributed by atoms with Crippen LogP contribution in [0, 0.1) is 13.1 Å². The van der Waals surface area contributed by atoms with Gasteiger partial charge in [-0.1, -0.05) is 26.0 Å². The van der Waals surface area contributed by atoms with Crippen molar-refractivity contribution in [2.75, 3.05) is 0 Å². The Labute approximate surface area is 105 Å². The second-order valence-electron chi connectivity index (χ2n) is 3.11. The minimum atomic E-state index is -0.777. The van der Waals surface area contributed by atoms with Gasteiger partial charge in [0.1, 0.15) is 11.3 Å². The van der Waals surface area contributed by atoms with Crippen LogP contribution in [0.2, 0.25) is 0 Å². The van der Waals surface area contributed by atoms with Gasteiger partial charge in [-0.2, -0.15) is 4.98 Å². The summed E-state index contributed by atoms with van der Waals surface area (Å²) in [6.45, 7) is 5.92. The van der Waals surface area contributed by atoms with Crippen molar-refractivity contribution in [1.82, 2.24) is 15.0 Å². The van der Waals surface area contributed by atoms with Gasteiger partial charge in [-0.25, -0.2) is 4.98 Å². The number of aromatic nitrogens is 3. The number of nitrogens with one attached hydrogen (secondary N) is 1. The van der Waals surface area contributed by atoms with Gasteiger partial charge in [-0.3, -0.25) is 0 Å². The van der Waals surface area contributed by atoms with Gasteiger partial charge in [0.05, 0.1) is 0 Å². The molecule has 18 heavy (non-hydrogen) atoms. The number of H-pyrrole nitrogens is 1. The fourth-order valence-electron chi connectivity index (χ4n) is 1.19. The average Bonchev–Trinajstić information content (AvgIpc) is 3.00. The number of rotatable bonds is 0. The molecule has 0 saturated heterocycles. The minimum Gasteiger partial charge on any atom is -0.415 e. The van der Waals surface area contributed by atoms with E-state index in [9.17, 15) is 4.39 Å². The third-order valence-corrected chi connectivity index (χ3v) is 1.90. The van der Waals surface area contributed by atoms with Gasteiger partial charge in [0.15, 0.2) is 5.58 Å². The van der Waals surface area contributed by atoms with E-state index in [4.69, 9.17) is 0 Å². The van der Waals surface area contributed by atoms with E-state index >= 15 is 0 Å². The SMILES string of the molecule is CC.Cc1ncc[nH]1.Fc1nc2ccccc2o1. The molecule has 0 saturated carbocycles. The normalized spacial score (nSPS) is 9.11. The maximum absolute atomic E-state index is 12.2. The largest absolute Gasteiger partial charge is 0.415 e. The molecule has 0 aliphatic carbocycles. The van der Waals surface area contributed by atoms with Gasteiger partial charge >= 0.3 is 6.14 Å². The Balaban J connectivity index is 0.000000174. The Kier molecular flexibility index (Phi) is 5.57. The van der Waals surface area contributed by atoms with Crippen LogP contribution in [0.5, 0.6) is 0 Å². The van der Waals surface area contributed by atoms with E-state index < -0.39 is 6.14 Å². The lowest BCUT2D eigenvalue weighted by molar-refractivity contribution is 0.355. The summed E-state index contributed by atoms with van der Waals surface area (Å²) in [5.74, 6) is 0.968. The van der Waals surface area contributed by atoms with Gasteiger partial charge in [0.25, 0.3) is 0 Å². The summed E-state index contributed by atoms with van der Waals surface area (Å²) in [7, 11) is 0. The summed E-state index contributed by atoms with van der Waals surface area (Å²) < 4.78 is 16.8. The highest BCUT2D eigenvalue weighted by atomic mass is 19.1. The monoisotopic (exact) mass is 249 g/mol. The van der Waals surface area contributed by atoms with Crippen molar-refractivity contribution in [3.63, 3.8) is 0 Å². The number of nitrogens with zero attached hydrogens (tertiary/aromatic N) is 2. The fourth-order valence-corrected chi connectivity index (χ4v) is 1.19. The zero-order valence-corrected chi connectivity index (χ0v) is 10.6. The Morgan fingerprint density at radius 2 is 1.94 bits per heavy atom. The molecule has 1 N–H and O–H groups in total. The van der Waals surface area contributed by atoms with Crippen molar-refractivity contribution in [3.8, 4) is 0 Å². The smallest absolute Gasteiger partial charge is 0.382 e. The quantitative estimate of drug-likeness (QED) is 0.660. The van der Waals surface area contributed by atoms with Crippen LogP contribution in [0.3, 0.4) is 0 Å². The number of benzene rings is 1. The predicted octanol–water partition coefficient (Wildman–Crippen LogP) is 3.71. The van der Waals surface area contributed by atoms with E-state index in [1.54, 1.807) is 36.7 Å². The molecular formula is C13H16FN3O. The van der Waals surface area contributed by atoms with Gasteiger partial charge < -0.3 is 9.40 Å². The number of aromatic amines is 1. The first-order chi connectivity index (χ1) is 8.75. The van der Waals surface area contributed by atoms with E-state index in [-0.39, 0.29) is 0 Å². The zero-order valence-electron chi connectivity index (χ0n) is 10.6. The molecule has 0 aliphatic rings. The number of aryl methyl sites for hydroxylation is 1. The Hall–Kier alpha value is -2.17. The van der Waals surface area contributed by atoms with E-state index in [0.717, 1.165) is 5.82 Å². The van der Waals surface area contributed by atoms with Gasteiger partial charge in [0.2, 0.25) is 0 Å². The highest BCUT2D eigenvalue weighted by molar-refractivity contribution is 5.71. The number of imidazole rings is 1. The lowest BCUT2D eigenvalue weighted by atomic mass is 10.3. The summed E-state index contributed by atoms with van der Waals surface area (Å²) in [4.78, 5) is 10.2. The molecule has 0 aliphatic heterocycles. The fraction of sp³-hybridized carbons (Fsp3) is 0.231. The maximum Gasteiger partial charge on any atom is 0.382 e. The molecule has 1 aromatic carbocycles. The van der Waals surface area contributed by atoms with Gasteiger partial charge in [-0.05, 0) is 19.1 Å². The topological polar surface area (TPSA) is 54.7 Å². The van der Waals surface area contributed by atoms with Crippen molar-refractivity contribution >= 4 is 11.1 Å². The van der Waals surface area contributed by atoms with Crippen molar-refractivity contribution in [2.24, 2.45) is 0 Å². The summed E-state index contributed by atoms with van der Waals surface area (Å²) in [6, 6.07) is 6.92. The van der Waals surface area contributed by atoms with Crippen LogP contribution < -0.4 is 0 Å². The highest BCUT2D eigenvalue weighted by Gasteiger charge is 2.00. The van der Waals surface area contributed by atoms with Crippen molar-refractivity contribution in [2.45, 2.75) is 20.8 Å². The molecule has 96 valence electrons. The van der Waals surface area contributed by atoms with E-state index in [1.807, 2.05) is 20.8 Å². The van der Waals surface area contributed by atoms with Crippen LogP contribution >= 0.6 is 0 Å². The number of para-hydroxylation sites is 2. The first-order valence-corrected chi connectivity index (χ1v) is 5.73. The molecule has 3 rings (SSSR count). The first-order valence-electron chi connectivity index (χ1n) is 5.73. The summed E-state index contributed by atoms with van der Waals surface area (Å²) in [5, 5.41) is 0. The van der Waals surface area contributed by atoms with E-state index in [1.165, 1.54) is 0 Å². The van der Waals surface area contributed by atoms with Crippen LogP contribution in [0.25, 0.3) is 11.1 Å². The van der Waals surface area contributed by atoms with Crippen molar-refractivity contribution < 1.29 is 8.81 Å². The van der Waals surface area contributed by atoms with Crippen LogP contribution in [0.1, 0.15) is 19.7 Å². The van der Waals surface area contributed by atoms with E-state index in [2.05, 4.69) is 19.4 Å². The lowest BCUT2D eigenvalue weighted by Crippen LogP contribution is -1.66. The standard InChI is InChI=1S/C7H4FNO.C4H6N2.C2H6/c8-7-9-5-3-1-2-4-6(5)10-7;1-4-5-2-3-6-4;1-2/h1-4H;2-3H,1H3,(H,5,6);1-2H3. The lowest BCUT2D eigenvalue weighted by Gasteiger charge is -1.79. The number of hydrogen-bond donors (Lipinski definition) is 1. The number of hydrogen-bond acceptors (Lipinski definition) is 3. The molecule has 5 heteroatoms. The number of fused-ring (bicyclic) bond motifs is 1. The third-order valence-electron chi connectivity index (χ3n) is 1.90. The molecular weight excluding hydrogens is 233 g/mol. The van der Waals surface area contributed by atoms with Gasteiger partial charge in [0, 0.05) is 12.4 Å². The summed E-state index contributed by atoms with van der Waals surface area (Å²) in [5.41, 5.74) is 1.04. The van der Waals surface area contributed by atoms with Crippen LogP contribution in [-0.2, 0) is 0 Å². The molecule has 2 aromatic heterocycles.